The molecule has 0 aliphatic heterocycles. The standard InChI is InChI=1S/C17H26F3N5O3/c1-16(2,3)28-15(26)24-8-7-23-14(21-4)25-10-12-5-6-22-13(9-12)27-11-17(18,19)20/h5-6,9H,7-8,10-11H2,1-4H3,(H,24,26)(H2,21,23,25). The Hall–Kier alpha value is -2.72. The molecule has 0 aromatic carbocycles. The summed E-state index contributed by atoms with van der Waals surface area (Å²) in [4.78, 5) is 19.3. The number of carbonyl (C=O) groups excluding carboxylic acids is 1. The van der Waals surface area contributed by atoms with Gasteiger partial charge in [0, 0.05) is 38.9 Å². The highest BCUT2D eigenvalue weighted by atomic mass is 19.4. The second-order valence-corrected chi connectivity index (χ2v) is 6.69. The molecule has 1 heterocycles. The first-order chi connectivity index (χ1) is 13.0. The van der Waals surface area contributed by atoms with Gasteiger partial charge in [0.25, 0.3) is 0 Å². The van der Waals surface area contributed by atoms with Crippen molar-refractivity contribution in [3.8, 4) is 5.88 Å². The van der Waals surface area contributed by atoms with Crippen LogP contribution in [-0.4, -0.2) is 55.6 Å². The Kier molecular flexibility index (Phi) is 8.80. The summed E-state index contributed by atoms with van der Waals surface area (Å²) in [6.45, 7) is 4.93. The molecule has 0 spiro atoms. The zero-order chi connectivity index (χ0) is 21.2. The van der Waals surface area contributed by atoms with E-state index in [0.717, 1.165) is 0 Å². The van der Waals surface area contributed by atoms with Gasteiger partial charge < -0.3 is 25.4 Å². The van der Waals surface area contributed by atoms with Gasteiger partial charge in [-0.15, -0.1) is 0 Å². The van der Waals surface area contributed by atoms with Crippen LogP contribution in [-0.2, 0) is 11.3 Å². The number of hydrogen-bond acceptors (Lipinski definition) is 5. The summed E-state index contributed by atoms with van der Waals surface area (Å²) in [5, 5.41) is 8.59. The fourth-order valence-electron chi connectivity index (χ4n) is 1.86. The van der Waals surface area contributed by atoms with Crippen molar-refractivity contribution in [2.24, 2.45) is 4.99 Å². The molecule has 1 amide bonds. The number of aromatic nitrogens is 1. The van der Waals surface area contributed by atoms with Gasteiger partial charge in [-0.1, -0.05) is 0 Å². The lowest BCUT2D eigenvalue weighted by Crippen LogP contribution is -2.42. The minimum absolute atomic E-state index is 0.110. The molecule has 1 aromatic heterocycles. The number of aliphatic imine (C=N–C) groups is 1. The van der Waals surface area contributed by atoms with E-state index in [9.17, 15) is 18.0 Å². The van der Waals surface area contributed by atoms with E-state index in [4.69, 9.17) is 4.74 Å². The molecule has 3 N–H and O–H groups in total. The number of ether oxygens (including phenoxy) is 2. The van der Waals surface area contributed by atoms with Gasteiger partial charge in [-0.05, 0) is 32.4 Å². The number of nitrogens with zero attached hydrogens (tertiary/aromatic N) is 2. The Morgan fingerprint density at radius 1 is 1.18 bits per heavy atom. The molecule has 158 valence electrons. The highest BCUT2D eigenvalue weighted by Gasteiger charge is 2.28. The first kappa shape index (κ1) is 23.3. The summed E-state index contributed by atoms with van der Waals surface area (Å²) in [5.41, 5.74) is 0.101. The minimum Gasteiger partial charge on any atom is -0.468 e. The Balaban J connectivity index is 2.37. The van der Waals surface area contributed by atoms with Gasteiger partial charge in [-0.2, -0.15) is 13.2 Å². The van der Waals surface area contributed by atoms with E-state index in [1.165, 1.54) is 12.3 Å². The quantitative estimate of drug-likeness (QED) is 0.366. The molecule has 0 aliphatic rings. The molecule has 0 saturated heterocycles. The summed E-state index contributed by atoms with van der Waals surface area (Å²) in [6, 6.07) is 3.06. The van der Waals surface area contributed by atoms with Crippen LogP contribution in [0.5, 0.6) is 5.88 Å². The van der Waals surface area contributed by atoms with E-state index >= 15 is 0 Å². The average Bonchev–Trinajstić information content (AvgIpc) is 2.57. The molecular weight excluding hydrogens is 379 g/mol. The Bertz CT molecular complexity index is 660. The molecule has 0 aliphatic carbocycles. The number of guanidine groups is 1. The van der Waals surface area contributed by atoms with Crippen LogP contribution < -0.4 is 20.7 Å². The number of carbonyl (C=O) groups is 1. The number of amides is 1. The zero-order valence-corrected chi connectivity index (χ0v) is 16.3. The van der Waals surface area contributed by atoms with Crippen LogP contribution in [0.2, 0.25) is 0 Å². The number of halogens is 3. The van der Waals surface area contributed by atoms with Gasteiger partial charge in [-0.25, -0.2) is 9.78 Å². The molecule has 1 rings (SSSR count). The molecule has 0 saturated carbocycles. The summed E-state index contributed by atoms with van der Waals surface area (Å²) in [5.74, 6) is 0.349. The Labute approximate surface area is 161 Å². The third-order valence-corrected chi connectivity index (χ3v) is 2.95. The van der Waals surface area contributed by atoms with Crippen LogP contribution in [0.1, 0.15) is 26.3 Å². The normalized spacial score (nSPS) is 12.3. The van der Waals surface area contributed by atoms with Gasteiger partial charge >= 0.3 is 12.3 Å². The molecule has 0 unspecified atom stereocenters. The second kappa shape index (κ2) is 10.6. The smallest absolute Gasteiger partial charge is 0.422 e. The molecule has 28 heavy (non-hydrogen) atoms. The zero-order valence-electron chi connectivity index (χ0n) is 16.3. The number of alkyl halides is 3. The summed E-state index contributed by atoms with van der Waals surface area (Å²) < 4.78 is 46.3. The third-order valence-electron chi connectivity index (χ3n) is 2.95. The van der Waals surface area contributed by atoms with E-state index in [1.54, 1.807) is 33.9 Å². The van der Waals surface area contributed by atoms with Gasteiger partial charge in [0.05, 0.1) is 0 Å². The SMILES string of the molecule is CN=C(NCCNC(=O)OC(C)(C)C)NCc1ccnc(OCC(F)(F)F)c1. The largest absolute Gasteiger partial charge is 0.468 e. The van der Waals surface area contributed by atoms with Crippen LogP contribution >= 0.6 is 0 Å². The van der Waals surface area contributed by atoms with Crippen LogP contribution in [0.15, 0.2) is 23.3 Å². The van der Waals surface area contributed by atoms with Crippen LogP contribution in [0.25, 0.3) is 0 Å². The molecule has 0 bridgehead atoms. The molecule has 0 atom stereocenters. The number of pyridine rings is 1. The first-order valence-electron chi connectivity index (χ1n) is 8.54. The van der Waals surface area contributed by atoms with E-state index in [-0.39, 0.29) is 5.88 Å². The van der Waals surface area contributed by atoms with Crippen molar-refractivity contribution < 1.29 is 27.4 Å². The fourth-order valence-corrected chi connectivity index (χ4v) is 1.86. The van der Waals surface area contributed by atoms with Crippen molar-refractivity contribution >= 4 is 12.1 Å². The van der Waals surface area contributed by atoms with Crippen molar-refractivity contribution in [1.82, 2.24) is 20.9 Å². The lowest BCUT2D eigenvalue weighted by Gasteiger charge is -2.20. The average molecular weight is 405 g/mol. The van der Waals surface area contributed by atoms with Gasteiger partial charge in [0.15, 0.2) is 12.6 Å². The Morgan fingerprint density at radius 2 is 1.86 bits per heavy atom. The first-order valence-corrected chi connectivity index (χ1v) is 8.54. The Morgan fingerprint density at radius 3 is 2.46 bits per heavy atom. The van der Waals surface area contributed by atoms with Crippen molar-refractivity contribution in [2.45, 2.75) is 39.1 Å². The van der Waals surface area contributed by atoms with E-state index in [1.807, 2.05) is 0 Å². The van der Waals surface area contributed by atoms with E-state index < -0.39 is 24.5 Å². The van der Waals surface area contributed by atoms with Crippen molar-refractivity contribution in [3.63, 3.8) is 0 Å². The maximum absolute atomic E-state index is 12.2. The fraction of sp³-hybridized carbons (Fsp3) is 0.588. The van der Waals surface area contributed by atoms with Crippen molar-refractivity contribution in [1.29, 1.82) is 0 Å². The molecule has 8 nitrogen and oxygen atoms in total. The number of hydrogen-bond donors (Lipinski definition) is 3. The van der Waals surface area contributed by atoms with Gasteiger partial charge in [0.2, 0.25) is 5.88 Å². The topological polar surface area (TPSA) is 96.9 Å². The molecular formula is C17H26F3N5O3. The molecule has 0 fully saturated rings. The highest BCUT2D eigenvalue weighted by molar-refractivity contribution is 5.79. The monoisotopic (exact) mass is 405 g/mol. The molecule has 1 aromatic rings. The predicted octanol–water partition coefficient (Wildman–Crippen LogP) is 2.21. The number of alkyl carbamates (subject to hydrolysis) is 1. The third kappa shape index (κ3) is 11.1. The number of rotatable bonds is 7. The second-order valence-electron chi connectivity index (χ2n) is 6.69. The van der Waals surface area contributed by atoms with Crippen molar-refractivity contribution in [2.75, 3.05) is 26.7 Å². The van der Waals surface area contributed by atoms with Crippen LogP contribution in [0.4, 0.5) is 18.0 Å². The maximum atomic E-state index is 12.2. The summed E-state index contributed by atoms with van der Waals surface area (Å²) in [7, 11) is 1.57. The lowest BCUT2D eigenvalue weighted by molar-refractivity contribution is -0.154. The van der Waals surface area contributed by atoms with Crippen LogP contribution in [0.3, 0.4) is 0 Å². The summed E-state index contributed by atoms with van der Waals surface area (Å²) in [6.07, 6.45) is -3.57. The molecule has 11 heteroatoms. The highest BCUT2D eigenvalue weighted by Crippen LogP contribution is 2.17. The van der Waals surface area contributed by atoms with Gasteiger partial charge in [-0.3, -0.25) is 4.99 Å². The number of nitrogens with one attached hydrogen (secondary N) is 3. The molecule has 0 radical (unpaired) electrons. The van der Waals surface area contributed by atoms with Crippen molar-refractivity contribution in [3.05, 3.63) is 23.9 Å². The van der Waals surface area contributed by atoms with Gasteiger partial charge in [0.1, 0.15) is 5.60 Å². The minimum atomic E-state index is -4.42. The van der Waals surface area contributed by atoms with E-state index in [0.29, 0.717) is 31.2 Å². The lowest BCUT2D eigenvalue weighted by atomic mass is 10.2. The van der Waals surface area contributed by atoms with Crippen LogP contribution in [0, 0.1) is 0 Å². The predicted molar refractivity (Wildman–Crippen MR) is 98.2 cm³/mol. The van der Waals surface area contributed by atoms with E-state index in [2.05, 4.69) is 30.7 Å². The maximum Gasteiger partial charge on any atom is 0.422 e. The summed E-state index contributed by atoms with van der Waals surface area (Å²) >= 11 is 0.